The molecule has 0 spiro atoms. The van der Waals surface area contributed by atoms with Crippen LogP contribution in [0.15, 0.2) is 22.8 Å². The molecule has 19 heavy (non-hydrogen) atoms. The van der Waals surface area contributed by atoms with Crippen molar-refractivity contribution in [2.45, 2.75) is 33.3 Å². The number of carbonyl (C=O) groups is 1. The lowest BCUT2D eigenvalue weighted by atomic mass is 10.2. The van der Waals surface area contributed by atoms with Crippen LogP contribution in [0.3, 0.4) is 0 Å². The smallest absolute Gasteiger partial charge is 0.350 e. The third-order valence-corrected chi connectivity index (χ3v) is 3.54. The molecule has 0 saturated carbocycles. The Labute approximate surface area is 116 Å². The van der Waals surface area contributed by atoms with E-state index in [0.29, 0.717) is 10.6 Å². The van der Waals surface area contributed by atoms with Gasteiger partial charge in [0.15, 0.2) is 0 Å². The highest BCUT2D eigenvalue weighted by atomic mass is 32.1. The van der Waals surface area contributed by atoms with E-state index < -0.39 is 5.60 Å². The van der Waals surface area contributed by atoms with Gasteiger partial charge in [0.1, 0.15) is 16.2 Å². The summed E-state index contributed by atoms with van der Waals surface area (Å²) in [7, 11) is 0. The van der Waals surface area contributed by atoms with Crippen molar-refractivity contribution in [1.29, 1.82) is 0 Å². The highest BCUT2D eigenvalue weighted by Crippen LogP contribution is 2.35. The molecule has 0 aliphatic carbocycles. The molecule has 0 bridgehead atoms. The van der Waals surface area contributed by atoms with Gasteiger partial charge in [-0.05, 0) is 39.8 Å². The number of aryl methyl sites for hydroxylation is 1. The molecule has 0 atom stereocenters. The van der Waals surface area contributed by atoms with Crippen LogP contribution in [0.1, 0.15) is 36.2 Å². The second-order valence-corrected chi connectivity index (χ2v) is 6.40. The lowest BCUT2D eigenvalue weighted by Crippen LogP contribution is -2.23. The van der Waals surface area contributed by atoms with Crippen LogP contribution in [0, 0.1) is 6.92 Å². The maximum atomic E-state index is 12.0. The first-order valence-electron chi connectivity index (χ1n) is 5.94. The molecule has 0 fully saturated rings. The van der Waals surface area contributed by atoms with Crippen molar-refractivity contribution in [3.05, 3.63) is 29.0 Å². The maximum absolute atomic E-state index is 12.0. The summed E-state index contributed by atoms with van der Waals surface area (Å²) in [6.45, 7) is 7.36. The normalized spacial score (nSPS) is 11.6. The van der Waals surface area contributed by atoms with Gasteiger partial charge in [-0.3, -0.25) is 0 Å². The molecule has 0 radical (unpaired) electrons. The van der Waals surface area contributed by atoms with Crippen LogP contribution in [0.4, 0.5) is 5.69 Å². The largest absolute Gasteiger partial charge is 0.469 e. The Bertz CT molecular complexity index is 604. The molecule has 102 valence electrons. The van der Waals surface area contributed by atoms with E-state index in [1.54, 1.807) is 12.3 Å². The summed E-state index contributed by atoms with van der Waals surface area (Å²) in [5.74, 6) is 0.433. The fraction of sp³-hybridized carbons (Fsp3) is 0.357. The first-order valence-corrected chi connectivity index (χ1v) is 6.76. The average molecular weight is 279 g/mol. The Morgan fingerprint density at radius 3 is 2.58 bits per heavy atom. The van der Waals surface area contributed by atoms with Crippen molar-refractivity contribution in [1.82, 2.24) is 0 Å². The summed E-state index contributed by atoms with van der Waals surface area (Å²) in [6.07, 6.45) is 1.65. The highest BCUT2D eigenvalue weighted by molar-refractivity contribution is 7.18. The van der Waals surface area contributed by atoms with Gasteiger partial charge in [-0.1, -0.05) is 0 Å². The van der Waals surface area contributed by atoms with Crippen LogP contribution >= 0.6 is 11.3 Å². The number of ether oxygens (including phenoxy) is 1. The van der Waals surface area contributed by atoms with E-state index in [2.05, 4.69) is 0 Å². The van der Waals surface area contributed by atoms with E-state index in [9.17, 15) is 4.79 Å². The zero-order chi connectivity index (χ0) is 14.2. The lowest BCUT2D eigenvalue weighted by Gasteiger charge is -2.18. The van der Waals surface area contributed by atoms with Gasteiger partial charge in [-0.15, -0.1) is 11.3 Å². The molecule has 2 aromatic heterocycles. The molecule has 0 aliphatic rings. The fourth-order valence-electron chi connectivity index (χ4n) is 1.60. The van der Waals surface area contributed by atoms with Gasteiger partial charge in [-0.2, -0.15) is 0 Å². The fourth-order valence-corrected chi connectivity index (χ4v) is 2.54. The maximum Gasteiger partial charge on any atom is 0.350 e. The zero-order valence-corrected chi connectivity index (χ0v) is 12.3. The standard InChI is InChI=1S/C14H17NO3S/c1-8-5-9(7-17-8)11-6-10(15)12(19-11)13(16)18-14(2,3)4/h5-7H,15H2,1-4H3. The highest BCUT2D eigenvalue weighted by Gasteiger charge is 2.22. The van der Waals surface area contributed by atoms with Gasteiger partial charge in [0.25, 0.3) is 0 Å². The van der Waals surface area contributed by atoms with Crippen LogP contribution in [0.5, 0.6) is 0 Å². The van der Waals surface area contributed by atoms with Crippen LogP contribution in [0.2, 0.25) is 0 Å². The Kier molecular flexibility index (Phi) is 3.41. The summed E-state index contributed by atoms with van der Waals surface area (Å²) < 4.78 is 10.6. The van der Waals surface area contributed by atoms with Crippen molar-refractivity contribution in [2.24, 2.45) is 0 Å². The van der Waals surface area contributed by atoms with Gasteiger partial charge in [0.05, 0.1) is 12.0 Å². The number of nitrogens with two attached hydrogens (primary N) is 1. The van der Waals surface area contributed by atoms with Crippen LogP contribution in [0.25, 0.3) is 10.4 Å². The van der Waals surface area contributed by atoms with Crippen molar-refractivity contribution in [3.8, 4) is 10.4 Å². The molecule has 2 rings (SSSR count). The van der Waals surface area contributed by atoms with Gasteiger partial charge >= 0.3 is 5.97 Å². The second-order valence-electron chi connectivity index (χ2n) is 5.34. The van der Waals surface area contributed by atoms with E-state index in [0.717, 1.165) is 16.2 Å². The monoisotopic (exact) mass is 279 g/mol. The van der Waals surface area contributed by atoms with Gasteiger partial charge in [-0.25, -0.2) is 4.79 Å². The Morgan fingerprint density at radius 2 is 2.05 bits per heavy atom. The molecule has 0 aliphatic heterocycles. The number of furan rings is 1. The molecule has 2 N–H and O–H groups in total. The van der Waals surface area contributed by atoms with E-state index in [1.165, 1.54) is 11.3 Å². The molecule has 4 nitrogen and oxygen atoms in total. The van der Waals surface area contributed by atoms with E-state index >= 15 is 0 Å². The van der Waals surface area contributed by atoms with E-state index in [-0.39, 0.29) is 5.97 Å². The number of hydrogen-bond donors (Lipinski definition) is 1. The number of thiophene rings is 1. The SMILES string of the molecule is Cc1cc(-c2cc(N)c(C(=O)OC(C)(C)C)s2)co1. The molecule has 2 heterocycles. The summed E-state index contributed by atoms with van der Waals surface area (Å²) in [5.41, 5.74) is 6.71. The number of nitrogen functional groups attached to an aromatic ring is 1. The van der Waals surface area contributed by atoms with E-state index in [4.69, 9.17) is 14.9 Å². The molecule has 0 aromatic carbocycles. The number of hydrogen-bond acceptors (Lipinski definition) is 5. The molecule has 0 amide bonds. The van der Waals surface area contributed by atoms with E-state index in [1.807, 2.05) is 33.8 Å². The molecule has 5 heteroatoms. The molecule has 0 unspecified atom stereocenters. The van der Waals surface area contributed by atoms with Crippen LogP contribution in [-0.2, 0) is 4.74 Å². The van der Waals surface area contributed by atoms with Crippen molar-refractivity contribution in [2.75, 3.05) is 5.73 Å². The van der Waals surface area contributed by atoms with Crippen molar-refractivity contribution < 1.29 is 13.9 Å². The minimum absolute atomic E-state index is 0.388. The number of rotatable bonds is 2. The molecule has 0 saturated heterocycles. The first-order chi connectivity index (χ1) is 8.76. The predicted molar refractivity (Wildman–Crippen MR) is 76.3 cm³/mol. The predicted octanol–water partition coefficient (Wildman–Crippen LogP) is 3.85. The third-order valence-electron chi connectivity index (χ3n) is 2.36. The summed E-state index contributed by atoms with van der Waals surface area (Å²) in [4.78, 5) is 13.3. The minimum atomic E-state index is -0.528. The number of anilines is 1. The summed E-state index contributed by atoms with van der Waals surface area (Å²) in [6, 6.07) is 3.68. The summed E-state index contributed by atoms with van der Waals surface area (Å²) in [5, 5.41) is 0. The zero-order valence-electron chi connectivity index (χ0n) is 11.4. The first kappa shape index (κ1) is 13.7. The average Bonchev–Trinajstić information content (AvgIpc) is 2.82. The van der Waals surface area contributed by atoms with Gasteiger partial charge in [0, 0.05) is 10.4 Å². The van der Waals surface area contributed by atoms with Crippen molar-refractivity contribution in [3.63, 3.8) is 0 Å². The topological polar surface area (TPSA) is 65.5 Å². The van der Waals surface area contributed by atoms with Crippen molar-refractivity contribution >= 4 is 23.0 Å². The lowest BCUT2D eigenvalue weighted by molar-refractivity contribution is 0.00764. The molecular formula is C14H17NO3S. The number of esters is 1. The Balaban J connectivity index is 2.29. The Hall–Kier alpha value is -1.75. The quantitative estimate of drug-likeness (QED) is 0.848. The van der Waals surface area contributed by atoms with Gasteiger partial charge in [0.2, 0.25) is 0 Å². The molecular weight excluding hydrogens is 262 g/mol. The molecule has 2 aromatic rings. The summed E-state index contributed by atoms with van der Waals surface area (Å²) >= 11 is 1.32. The number of carbonyl (C=O) groups excluding carboxylic acids is 1. The van der Waals surface area contributed by atoms with Crippen LogP contribution < -0.4 is 5.73 Å². The van der Waals surface area contributed by atoms with Gasteiger partial charge < -0.3 is 14.9 Å². The van der Waals surface area contributed by atoms with Crippen LogP contribution in [-0.4, -0.2) is 11.6 Å². The minimum Gasteiger partial charge on any atom is -0.469 e. The second kappa shape index (κ2) is 4.74. The third kappa shape index (κ3) is 3.17. The Morgan fingerprint density at radius 1 is 1.37 bits per heavy atom.